The molecule has 0 saturated heterocycles. The number of rotatable bonds is 4. The molecule has 1 aromatic heterocycles. The molecule has 2 rings (SSSR count). The molecule has 4 nitrogen and oxygen atoms in total. The minimum absolute atomic E-state index is 0.390. The van der Waals surface area contributed by atoms with Crippen molar-refractivity contribution >= 4 is 39.0 Å². The van der Waals surface area contributed by atoms with E-state index in [2.05, 4.69) is 44.2 Å². The third kappa shape index (κ3) is 3.69. The molecular weight excluding hydrogens is 340 g/mol. The highest BCUT2D eigenvalue weighted by molar-refractivity contribution is 9.10. The topological polar surface area (TPSA) is 61.6 Å². The molecule has 1 N–H and O–H groups in total. The molecule has 0 amide bonds. The van der Waals surface area contributed by atoms with E-state index in [1.165, 1.54) is 0 Å². The highest BCUT2D eigenvalue weighted by atomic mass is 79.9. The van der Waals surface area contributed by atoms with Crippen LogP contribution in [0, 0.1) is 11.3 Å². The van der Waals surface area contributed by atoms with Crippen LogP contribution in [0.5, 0.6) is 0 Å². The number of halogens is 2. The van der Waals surface area contributed by atoms with Gasteiger partial charge in [0.1, 0.15) is 22.9 Å². The molecule has 0 aliphatic heterocycles. The van der Waals surface area contributed by atoms with Crippen LogP contribution >= 0.6 is 27.5 Å². The fourth-order valence-corrected chi connectivity index (χ4v) is 2.28. The summed E-state index contributed by atoms with van der Waals surface area (Å²) in [6.45, 7) is 2.06. The summed E-state index contributed by atoms with van der Waals surface area (Å²) in [5.41, 5.74) is 1.22. The molecule has 0 unspecified atom stereocenters. The summed E-state index contributed by atoms with van der Waals surface area (Å²) in [4.78, 5) is 8.55. The Bertz CT molecular complexity index is 667. The van der Waals surface area contributed by atoms with Gasteiger partial charge in [0.15, 0.2) is 0 Å². The molecule has 0 aliphatic carbocycles. The highest BCUT2D eigenvalue weighted by Crippen LogP contribution is 2.24. The molecule has 2 aromatic rings. The van der Waals surface area contributed by atoms with Crippen molar-refractivity contribution in [2.24, 2.45) is 0 Å². The predicted molar refractivity (Wildman–Crippen MR) is 83.2 cm³/mol. The van der Waals surface area contributed by atoms with Crippen LogP contribution in [0.25, 0.3) is 0 Å². The highest BCUT2D eigenvalue weighted by Gasteiger charge is 2.07. The minimum atomic E-state index is 0.390. The van der Waals surface area contributed by atoms with E-state index >= 15 is 0 Å². The Morgan fingerprint density at radius 3 is 2.85 bits per heavy atom. The van der Waals surface area contributed by atoms with Crippen molar-refractivity contribution < 1.29 is 0 Å². The van der Waals surface area contributed by atoms with Gasteiger partial charge in [-0.3, -0.25) is 0 Å². The van der Waals surface area contributed by atoms with Gasteiger partial charge in [-0.05, 0) is 24.6 Å². The standard InChI is InChI=1S/C14H12BrClN4/c1-2-3-13-19-12(16)7-14(20-13)18-11-5-4-10(15)6-9(11)8-17/h4-7H,2-3H2,1H3,(H,18,19,20). The summed E-state index contributed by atoms with van der Waals surface area (Å²) in [6, 6.07) is 9.21. The second-order valence-electron chi connectivity index (χ2n) is 4.17. The number of benzene rings is 1. The van der Waals surface area contributed by atoms with E-state index in [1.807, 2.05) is 12.1 Å². The Labute approximate surface area is 131 Å². The van der Waals surface area contributed by atoms with Crippen LogP contribution < -0.4 is 5.32 Å². The first-order valence-corrected chi connectivity index (χ1v) is 7.29. The minimum Gasteiger partial charge on any atom is -0.339 e. The molecule has 0 aliphatic rings. The Kier molecular flexibility index (Phi) is 4.94. The first-order valence-electron chi connectivity index (χ1n) is 6.12. The second kappa shape index (κ2) is 6.69. The Balaban J connectivity index is 2.32. The van der Waals surface area contributed by atoms with Gasteiger partial charge in [-0.15, -0.1) is 0 Å². The normalized spacial score (nSPS) is 10.1. The van der Waals surface area contributed by atoms with Gasteiger partial charge in [0.2, 0.25) is 0 Å². The van der Waals surface area contributed by atoms with Crippen LogP contribution in [0.2, 0.25) is 5.15 Å². The number of aryl methyl sites for hydroxylation is 1. The van der Waals surface area contributed by atoms with Gasteiger partial charge in [-0.2, -0.15) is 5.26 Å². The van der Waals surface area contributed by atoms with Gasteiger partial charge in [-0.1, -0.05) is 34.5 Å². The molecule has 102 valence electrons. The fourth-order valence-electron chi connectivity index (χ4n) is 1.72. The van der Waals surface area contributed by atoms with E-state index in [0.29, 0.717) is 28.0 Å². The van der Waals surface area contributed by atoms with Crippen LogP contribution in [0.4, 0.5) is 11.5 Å². The van der Waals surface area contributed by atoms with Gasteiger partial charge in [0.25, 0.3) is 0 Å². The number of nitrogens with zero attached hydrogens (tertiary/aromatic N) is 3. The molecule has 0 radical (unpaired) electrons. The first-order chi connectivity index (χ1) is 9.62. The van der Waals surface area contributed by atoms with Gasteiger partial charge < -0.3 is 5.32 Å². The maximum atomic E-state index is 9.14. The molecular formula is C14H12BrClN4. The Hall–Kier alpha value is -1.64. The average Bonchev–Trinajstić information content (AvgIpc) is 2.40. The number of hydrogen-bond donors (Lipinski definition) is 1. The van der Waals surface area contributed by atoms with Crippen molar-refractivity contribution in [3.05, 3.63) is 45.3 Å². The van der Waals surface area contributed by atoms with E-state index in [-0.39, 0.29) is 0 Å². The van der Waals surface area contributed by atoms with Gasteiger partial charge in [0.05, 0.1) is 11.3 Å². The Morgan fingerprint density at radius 2 is 2.15 bits per heavy atom. The number of nitrogens with one attached hydrogen (secondary N) is 1. The van der Waals surface area contributed by atoms with Crippen LogP contribution in [0.3, 0.4) is 0 Å². The summed E-state index contributed by atoms with van der Waals surface area (Å²) >= 11 is 9.33. The van der Waals surface area contributed by atoms with Crippen LogP contribution in [-0.4, -0.2) is 9.97 Å². The molecule has 0 saturated carbocycles. The molecule has 6 heteroatoms. The fraction of sp³-hybridized carbons (Fsp3) is 0.214. The lowest BCUT2D eigenvalue weighted by molar-refractivity contribution is 0.837. The van der Waals surface area contributed by atoms with E-state index in [1.54, 1.807) is 12.1 Å². The molecule has 0 atom stereocenters. The van der Waals surface area contributed by atoms with Crippen molar-refractivity contribution in [1.82, 2.24) is 9.97 Å². The van der Waals surface area contributed by atoms with E-state index in [4.69, 9.17) is 16.9 Å². The van der Waals surface area contributed by atoms with E-state index in [0.717, 1.165) is 17.3 Å². The van der Waals surface area contributed by atoms with Crippen molar-refractivity contribution in [2.45, 2.75) is 19.8 Å². The molecule has 20 heavy (non-hydrogen) atoms. The monoisotopic (exact) mass is 350 g/mol. The van der Waals surface area contributed by atoms with Crippen molar-refractivity contribution in [3.63, 3.8) is 0 Å². The lowest BCUT2D eigenvalue weighted by Gasteiger charge is -2.09. The van der Waals surface area contributed by atoms with Gasteiger partial charge in [-0.25, -0.2) is 9.97 Å². The average molecular weight is 352 g/mol. The third-order valence-electron chi connectivity index (χ3n) is 2.58. The van der Waals surface area contributed by atoms with Crippen LogP contribution in [0.1, 0.15) is 24.7 Å². The van der Waals surface area contributed by atoms with Gasteiger partial charge in [0, 0.05) is 17.0 Å². The number of aromatic nitrogens is 2. The van der Waals surface area contributed by atoms with Gasteiger partial charge >= 0.3 is 0 Å². The van der Waals surface area contributed by atoms with E-state index < -0.39 is 0 Å². The van der Waals surface area contributed by atoms with Crippen LogP contribution in [-0.2, 0) is 6.42 Å². The summed E-state index contributed by atoms with van der Waals surface area (Å²) in [7, 11) is 0. The summed E-state index contributed by atoms with van der Waals surface area (Å²) in [5.74, 6) is 1.28. The number of hydrogen-bond acceptors (Lipinski definition) is 4. The SMILES string of the molecule is CCCc1nc(Cl)cc(Nc2ccc(Br)cc2C#N)n1. The second-order valence-corrected chi connectivity index (χ2v) is 5.47. The summed E-state index contributed by atoms with van der Waals surface area (Å²) < 4.78 is 0.854. The summed E-state index contributed by atoms with van der Waals surface area (Å²) in [5, 5.41) is 12.6. The zero-order valence-corrected chi connectivity index (χ0v) is 13.2. The largest absolute Gasteiger partial charge is 0.339 e. The molecule has 1 heterocycles. The maximum Gasteiger partial charge on any atom is 0.135 e. The summed E-state index contributed by atoms with van der Waals surface area (Å²) in [6.07, 6.45) is 1.71. The molecule has 0 spiro atoms. The van der Waals surface area contributed by atoms with Crippen LogP contribution in [0.15, 0.2) is 28.7 Å². The van der Waals surface area contributed by atoms with Crippen molar-refractivity contribution in [2.75, 3.05) is 5.32 Å². The molecule has 0 fully saturated rings. The zero-order chi connectivity index (χ0) is 14.5. The third-order valence-corrected chi connectivity index (χ3v) is 3.27. The first kappa shape index (κ1) is 14.8. The van der Waals surface area contributed by atoms with Crippen molar-refractivity contribution in [3.8, 4) is 6.07 Å². The Morgan fingerprint density at radius 1 is 1.35 bits per heavy atom. The van der Waals surface area contributed by atoms with Crippen molar-refractivity contribution in [1.29, 1.82) is 5.26 Å². The molecule has 1 aromatic carbocycles. The quantitative estimate of drug-likeness (QED) is 0.826. The predicted octanol–water partition coefficient (Wildman–Crippen LogP) is 4.46. The molecule has 0 bridgehead atoms. The lowest BCUT2D eigenvalue weighted by Crippen LogP contribution is -2.01. The van der Waals surface area contributed by atoms with E-state index in [9.17, 15) is 0 Å². The lowest BCUT2D eigenvalue weighted by atomic mass is 10.2. The number of anilines is 2. The maximum absolute atomic E-state index is 9.14. The number of nitriles is 1. The smallest absolute Gasteiger partial charge is 0.135 e. The zero-order valence-electron chi connectivity index (χ0n) is 10.8.